The van der Waals surface area contributed by atoms with Crippen molar-refractivity contribution in [1.82, 2.24) is 15.7 Å². The third-order valence-corrected chi connectivity index (χ3v) is 9.74. The molecule has 272 valence electrons. The molecule has 2 atom stereocenters. The van der Waals surface area contributed by atoms with Crippen LogP contribution in [0.3, 0.4) is 0 Å². The lowest BCUT2D eigenvalue weighted by Crippen LogP contribution is -2.48. The van der Waals surface area contributed by atoms with Gasteiger partial charge in [0.1, 0.15) is 18.1 Å². The molecule has 3 aromatic rings. The highest BCUT2D eigenvalue weighted by Crippen LogP contribution is 2.46. The van der Waals surface area contributed by atoms with Gasteiger partial charge in [-0.3, -0.25) is 23.8 Å². The van der Waals surface area contributed by atoms with Crippen molar-refractivity contribution in [3.8, 4) is 17.1 Å². The van der Waals surface area contributed by atoms with E-state index in [-0.39, 0.29) is 41.8 Å². The summed E-state index contributed by atoms with van der Waals surface area (Å²) in [6.07, 6.45) is 4.24. The van der Waals surface area contributed by atoms with Crippen LogP contribution in [0, 0.1) is 5.92 Å². The molecule has 14 nitrogen and oxygen atoms in total. The summed E-state index contributed by atoms with van der Waals surface area (Å²) in [4.78, 5) is 56.1. The van der Waals surface area contributed by atoms with Crippen LogP contribution in [0.2, 0.25) is 0 Å². The Morgan fingerprint density at radius 3 is 2.34 bits per heavy atom. The fourth-order valence-corrected chi connectivity index (χ4v) is 6.33. The third-order valence-electron chi connectivity index (χ3n) is 7.89. The first-order valence-corrected chi connectivity index (χ1v) is 17.8. The maximum Gasteiger partial charge on any atom is 0.360 e. The lowest BCUT2D eigenvalue weighted by atomic mass is 9.90. The Morgan fingerprint density at radius 1 is 0.960 bits per heavy atom. The van der Waals surface area contributed by atoms with Gasteiger partial charge >= 0.3 is 13.6 Å². The van der Waals surface area contributed by atoms with Crippen LogP contribution >= 0.6 is 7.60 Å². The number of carbonyl (C=O) groups excluding carboxylic acids is 4. The van der Waals surface area contributed by atoms with E-state index >= 15 is 0 Å². The molecule has 3 rings (SSSR count). The highest BCUT2D eigenvalue weighted by Gasteiger charge is 2.32. The lowest BCUT2D eigenvalue weighted by molar-refractivity contribution is -0.200. The molecule has 50 heavy (non-hydrogen) atoms. The summed E-state index contributed by atoms with van der Waals surface area (Å²) in [7, 11) is -0.0610. The number of hydrogen-bond donors (Lipinski definition) is 2. The summed E-state index contributed by atoms with van der Waals surface area (Å²) in [5, 5.41) is 6.73. The zero-order valence-corrected chi connectivity index (χ0v) is 29.9. The Balaban J connectivity index is 1.71. The smallest absolute Gasteiger partial charge is 0.360 e. The normalized spacial score (nSPS) is 12.4. The van der Waals surface area contributed by atoms with Gasteiger partial charge < -0.3 is 33.6 Å². The number of esters is 1. The van der Waals surface area contributed by atoms with Crippen LogP contribution in [-0.4, -0.2) is 69.9 Å². The monoisotopic (exact) mass is 715 g/mol. The molecular weight excluding hydrogens is 669 g/mol. The van der Waals surface area contributed by atoms with Gasteiger partial charge in [-0.2, -0.15) is 0 Å². The first-order chi connectivity index (χ1) is 24.1. The van der Waals surface area contributed by atoms with Crippen molar-refractivity contribution in [3.05, 3.63) is 72.0 Å². The van der Waals surface area contributed by atoms with Crippen LogP contribution in [-0.2, 0) is 44.2 Å². The molecule has 0 saturated carbocycles. The van der Waals surface area contributed by atoms with Crippen molar-refractivity contribution in [1.29, 1.82) is 0 Å². The molecular formula is C35H46N3O11P. The van der Waals surface area contributed by atoms with Gasteiger partial charge in [-0.25, -0.2) is 9.86 Å². The van der Waals surface area contributed by atoms with E-state index < -0.39 is 38.0 Å². The molecule has 2 aromatic carbocycles. The first-order valence-electron chi connectivity index (χ1n) is 16.3. The first kappa shape index (κ1) is 39.9. The SMILES string of the molecule is CCCCC[C@@H](C(=O)NCNC(=O)c1ccc(-c2cc(OCC(=O)OC)cc(P(=O)(OC)OC)c2)o1)[C@@H](CC)N(C=O)OCc1ccccc1. The van der Waals surface area contributed by atoms with E-state index in [1.165, 1.54) is 56.7 Å². The summed E-state index contributed by atoms with van der Waals surface area (Å²) in [6.45, 7) is 3.51. The molecule has 0 aliphatic carbocycles. The molecule has 2 N–H and O–H groups in total. The number of nitrogens with one attached hydrogen (secondary N) is 2. The molecule has 0 aliphatic rings. The maximum absolute atomic E-state index is 13.5. The molecule has 0 aliphatic heterocycles. The van der Waals surface area contributed by atoms with Gasteiger partial charge in [0, 0.05) is 19.8 Å². The molecule has 0 fully saturated rings. The lowest BCUT2D eigenvalue weighted by Gasteiger charge is -2.32. The number of hydroxylamine groups is 2. The van der Waals surface area contributed by atoms with Crippen LogP contribution in [0.5, 0.6) is 5.75 Å². The van der Waals surface area contributed by atoms with Gasteiger partial charge in [0.15, 0.2) is 12.4 Å². The molecule has 0 unspecified atom stereocenters. The molecule has 0 spiro atoms. The number of carbonyl (C=O) groups is 4. The van der Waals surface area contributed by atoms with Gasteiger partial charge in [0.05, 0.1) is 31.0 Å². The Bertz CT molecular complexity index is 1590. The second-order valence-electron chi connectivity index (χ2n) is 11.1. The topological polar surface area (TPSA) is 172 Å². The fourth-order valence-electron chi connectivity index (χ4n) is 5.18. The second-order valence-corrected chi connectivity index (χ2v) is 13.4. The number of nitrogens with zero attached hydrogens (tertiary/aromatic N) is 1. The van der Waals surface area contributed by atoms with Gasteiger partial charge in [0.2, 0.25) is 12.3 Å². The highest BCUT2D eigenvalue weighted by atomic mass is 31.2. The molecule has 1 heterocycles. The van der Waals surface area contributed by atoms with E-state index in [4.69, 9.17) is 23.0 Å². The molecule has 0 radical (unpaired) electrons. The fraction of sp³-hybridized carbons (Fsp3) is 0.429. The number of amides is 3. The van der Waals surface area contributed by atoms with Gasteiger partial charge in [-0.05, 0) is 48.7 Å². The number of benzene rings is 2. The van der Waals surface area contributed by atoms with Gasteiger partial charge in [-0.1, -0.05) is 63.4 Å². The maximum atomic E-state index is 13.5. The van der Waals surface area contributed by atoms with E-state index in [9.17, 15) is 23.7 Å². The minimum absolute atomic E-state index is 0.0641. The van der Waals surface area contributed by atoms with Crippen LogP contribution in [0.1, 0.15) is 62.1 Å². The van der Waals surface area contributed by atoms with E-state index in [2.05, 4.69) is 22.3 Å². The summed E-state index contributed by atoms with van der Waals surface area (Å²) in [5.41, 5.74) is 1.24. The molecule has 0 bridgehead atoms. The number of furan rings is 1. The minimum Gasteiger partial charge on any atom is -0.482 e. The van der Waals surface area contributed by atoms with Crippen LogP contribution < -0.4 is 20.7 Å². The summed E-state index contributed by atoms with van der Waals surface area (Å²) >= 11 is 0. The molecule has 15 heteroatoms. The Kier molecular flexibility index (Phi) is 16.2. The van der Waals surface area contributed by atoms with E-state index in [1.54, 1.807) is 0 Å². The predicted molar refractivity (Wildman–Crippen MR) is 184 cm³/mol. The minimum atomic E-state index is -3.74. The summed E-state index contributed by atoms with van der Waals surface area (Å²) < 4.78 is 39.3. The number of hydrogen-bond acceptors (Lipinski definition) is 11. The Labute approximate surface area is 292 Å². The molecule has 1 aromatic heterocycles. The number of methoxy groups -OCH3 is 1. The molecule has 0 saturated heterocycles. The average molecular weight is 716 g/mol. The van der Waals surface area contributed by atoms with Crippen molar-refractivity contribution in [3.63, 3.8) is 0 Å². The zero-order chi connectivity index (χ0) is 36.5. The molecule has 3 amide bonds. The zero-order valence-electron chi connectivity index (χ0n) is 29.0. The van der Waals surface area contributed by atoms with Crippen molar-refractivity contribution in [2.45, 2.75) is 58.6 Å². The summed E-state index contributed by atoms with van der Waals surface area (Å²) in [6, 6.07) is 16.3. The van der Waals surface area contributed by atoms with Crippen molar-refractivity contribution in [2.24, 2.45) is 5.92 Å². The third kappa shape index (κ3) is 11.3. The van der Waals surface area contributed by atoms with Crippen LogP contribution in [0.25, 0.3) is 11.3 Å². The highest BCUT2D eigenvalue weighted by molar-refractivity contribution is 7.62. The van der Waals surface area contributed by atoms with E-state index in [0.717, 1.165) is 24.8 Å². The van der Waals surface area contributed by atoms with Crippen molar-refractivity contribution < 1.29 is 51.5 Å². The number of unbranched alkanes of at least 4 members (excludes halogenated alkanes) is 2. The number of ether oxygens (including phenoxy) is 2. The second kappa shape index (κ2) is 20.2. The predicted octanol–water partition coefficient (Wildman–Crippen LogP) is 4.98. The average Bonchev–Trinajstić information content (AvgIpc) is 3.65. The Morgan fingerprint density at radius 2 is 1.70 bits per heavy atom. The van der Waals surface area contributed by atoms with Crippen molar-refractivity contribution >= 4 is 37.1 Å². The van der Waals surface area contributed by atoms with Gasteiger partial charge in [-0.15, -0.1) is 0 Å². The van der Waals surface area contributed by atoms with Crippen molar-refractivity contribution in [2.75, 3.05) is 34.6 Å². The van der Waals surface area contributed by atoms with Crippen LogP contribution in [0.15, 0.2) is 65.1 Å². The summed E-state index contributed by atoms with van der Waals surface area (Å²) in [5.74, 6) is -1.85. The number of rotatable bonds is 22. The van der Waals surface area contributed by atoms with Crippen LogP contribution in [0.4, 0.5) is 0 Å². The largest absolute Gasteiger partial charge is 0.482 e. The van der Waals surface area contributed by atoms with E-state index in [0.29, 0.717) is 24.8 Å². The van der Waals surface area contributed by atoms with Gasteiger partial charge in [0.25, 0.3) is 5.91 Å². The Hall–Kier alpha value is -4.49. The van der Waals surface area contributed by atoms with E-state index in [1.807, 2.05) is 37.3 Å². The quantitative estimate of drug-likeness (QED) is 0.0359. The standard InChI is InChI=1S/C35H46N3O11P/c1-6-8-10-15-29(30(7-2)38(24-39)48-21-25-13-11-9-12-14-25)34(41)36-23-37-35(42)32-17-16-31(49-32)26-18-27(47-22-33(40)44-3)20-28(19-26)50(43,45-4)46-5/h9,11-14,16-20,24,29-30H,6-8,10,15,21-23H2,1-5H3,(H,36,41)(H,37,42)/t29-,30-/m1/s1.